The molecule has 0 spiro atoms. The lowest BCUT2D eigenvalue weighted by Gasteiger charge is -2.20. The molecular weight excluding hydrogens is 248 g/mol. The first-order valence-electron chi connectivity index (χ1n) is 5.70. The monoisotopic (exact) mass is 264 g/mol. The molecule has 0 aliphatic rings. The van der Waals surface area contributed by atoms with Crippen molar-refractivity contribution < 1.29 is 19.5 Å². The highest BCUT2D eigenvalue weighted by atomic mass is 16.4. The first-order valence-corrected chi connectivity index (χ1v) is 5.70. The van der Waals surface area contributed by atoms with Crippen molar-refractivity contribution in [3.05, 3.63) is 35.9 Å². The molecule has 1 rings (SSSR count). The normalized spacial score (nSPS) is 10.6. The van der Waals surface area contributed by atoms with Gasteiger partial charge in [0.2, 0.25) is 5.91 Å². The number of amides is 2. The van der Waals surface area contributed by atoms with Gasteiger partial charge in [-0.2, -0.15) is 0 Å². The fraction of sp³-hybridized carbons (Fsp3) is 0.308. The molecule has 3 N–H and O–H groups in total. The summed E-state index contributed by atoms with van der Waals surface area (Å²) < 4.78 is 0. The summed E-state index contributed by atoms with van der Waals surface area (Å²) in [5.41, 5.74) is -0.929. The molecule has 1 aromatic rings. The zero-order valence-electron chi connectivity index (χ0n) is 10.8. The summed E-state index contributed by atoms with van der Waals surface area (Å²) in [5.74, 6) is -2.09. The summed E-state index contributed by atoms with van der Waals surface area (Å²) >= 11 is 0. The van der Waals surface area contributed by atoms with E-state index in [1.165, 1.54) is 13.8 Å². The Kier molecular flexibility index (Phi) is 4.63. The molecule has 0 unspecified atom stereocenters. The lowest BCUT2D eigenvalue weighted by molar-refractivity contribution is -0.145. The van der Waals surface area contributed by atoms with E-state index in [-0.39, 0.29) is 12.5 Å². The largest absolute Gasteiger partial charge is 0.480 e. The number of rotatable bonds is 5. The summed E-state index contributed by atoms with van der Waals surface area (Å²) in [6, 6.07) is 8.44. The van der Waals surface area contributed by atoms with Crippen molar-refractivity contribution in [2.24, 2.45) is 0 Å². The number of carboxylic acids is 1. The van der Waals surface area contributed by atoms with Crippen molar-refractivity contribution in [1.29, 1.82) is 0 Å². The Bertz CT molecular complexity index is 483. The van der Waals surface area contributed by atoms with E-state index in [9.17, 15) is 14.4 Å². The molecule has 0 saturated heterocycles. The lowest BCUT2D eigenvalue weighted by atomic mass is 10.1. The van der Waals surface area contributed by atoms with Gasteiger partial charge in [0.15, 0.2) is 0 Å². The second-order valence-electron chi connectivity index (χ2n) is 4.53. The highest BCUT2D eigenvalue weighted by Gasteiger charge is 2.28. The van der Waals surface area contributed by atoms with Gasteiger partial charge in [0.1, 0.15) is 5.54 Å². The van der Waals surface area contributed by atoms with E-state index in [4.69, 9.17) is 5.11 Å². The van der Waals surface area contributed by atoms with Gasteiger partial charge in [-0.3, -0.25) is 9.59 Å². The Hall–Kier alpha value is -2.37. The minimum absolute atomic E-state index is 0.273. The number of hydrogen-bond donors (Lipinski definition) is 3. The van der Waals surface area contributed by atoms with Crippen molar-refractivity contribution in [2.45, 2.75) is 19.4 Å². The molecule has 0 aromatic heterocycles. The second-order valence-corrected chi connectivity index (χ2v) is 4.53. The topological polar surface area (TPSA) is 95.5 Å². The van der Waals surface area contributed by atoms with Gasteiger partial charge in [-0.1, -0.05) is 18.2 Å². The average molecular weight is 264 g/mol. The summed E-state index contributed by atoms with van der Waals surface area (Å²) in [5, 5.41) is 13.6. The number of nitrogens with one attached hydrogen (secondary N) is 2. The maximum Gasteiger partial charge on any atom is 0.328 e. The molecule has 19 heavy (non-hydrogen) atoms. The maximum absolute atomic E-state index is 11.6. The Morgan fingerprint density at radius 1 is 1.16 bits per heavy atom. The molecule has 0 radical (unpaired) electrons. The fourth-order valence-electron chi connectivity index (χ4n) is 1.30. The Balaban J connectivity index is 2.48. The number of carbonyl (C=O) groups is 3. The van der Waals surface area contributed by atoms with Crippen LogP contribution in [-0.2, 0) is 9.59 Å². The van der Waals surface area contributed by atoms with E-state index in [2.05, 4.69) is 10.6 Å². The van der Waals surface area contributed by atoms with Crippen LogP contribution in [0, 0.1) is 0 Å². The molecule has 1 aromatic carbocycles. The summed E-state index contributed by atoms with van der Waals surface area (Å²) in [7, 11) is 0. The smallest absolute Gasteiger partial charge is 0.328 e. The number of carboxylic acid groups (broad SMARTS) is 1. The first kappa shape index (κ1) is 14.7. The Labute approximate surface area is 110 Å². The van der Waals surface area contributed by atoms with Crippen LogP contribution in [0.4, 0.5) is 0 Å². The molecule has 0 bridgehead atoms. The molecule has 0 fully saturated rings. The van der Waals surface area contributed by atoms with Crippen LogP contribution in [0.15, 0.2) is 30.3 Å². The molecule has 6 heteroatoms. The SMILES string of the molecule is CC(C)(NC(=O)CNC(=O)c1ccccc1)C(=O)O. The summed E-state index contributed by atoms with van der Waals surface area (Å²) in [6.07, 6.45) is 0. The van der Waals surface area contributed by atoms with Crippen LogP contribution < -0.4 is 10.6 Å². The van der Waals surface area contributed by atoms with E-state index in [1.54, 1.807) is 30.3 Å². The van der Waals surface area contributed by atoms with E-state index in [1.807, 2.05) is 0 Å². The van der Waals surface area contributed by atoms with Crippen molar-refractivity contribution in [3.63, 3.8) is 0 Å². The lowest BCUT2D eigenvalue weighted by Crippen LogP contribution is -2.52. The van der Waals surface area contributed by atoms with Crippen LogP contribution in [-0.4, -0.2) is 35.0 Å². The van der Waals surface area contributed by atoms with Crippen molar-refractivity contribution in [2.75, 3.05) is 6.54 Å². The van der Waals surface area contributed by atoms with Crippen LogP contribution in [0.1, 0.15) is 24.2 Å². The summed E-state index contributed by atoms with van der Waals surface area (Å²) in [6.45, 7) is 2.46. The van der Waals surface area contributed by atoms with Gasteiger partial charge >= 0.3 is 5.97 Å². The van der Waals surface area contributed by atoms with Crippen LogP contribution in [0.25, 0.3) is 0 Å². The van der Waals surface area contributed by atoms with Gasteiger partial charge in [0.05, 0.1) is 6.54 Å². The van der Waals surface area contributed by atoms with Crippen LogP contribution in [0.5, 0.6) is 0 Å². The molecule has 0 aliphatic carbocycles. The molecular formula is C13H16N2O4. The third kappa shape index (κ3) is 4.42. The van der Waals surface area contributed by atoms with E-state index in [0.29, 0.717) is 5.56 Å². The Morgan fingerprint density at radius 3 is 2.26 bits per heavy atom. The first-order chi connectivity index (χ1) is 8.83. The average Bonchev–Trinajstić information content (AvgIpc) is 2.36. The highest BCUT2D eigenvalue weighted by Crippen LogP contribution is 2.01. The molecule has 0 aliphatic heterocycles. The summed E-state index contributed by atoms with van der Waals surface area (Å²) in [4.78, 5) is 34.0. The molecule has 6 nitrogen and oxygen atoms in total. The predicted octanol–water partition coefficient (Wildman–Crippen LogP) is 0.396. The number of carbonyl (C=O) groups excluding carboxylic acids is 2. The number of hydrogen-bond acceptors (Lipinski definition) is 3. The van der Waals surface area contributed by atoms with Crippen molar-refractivity contribution in [3.8, 4) is 0 Å². The van der Waals surface area contributed by atoms with Gasteiger partial charge in [-0.15, -0.1) is 0 Å². The fourth-order valence-corrected chi connectivity index (χ4v) is 1.30. The maximum atomic E-state index is 11.6. The third-order valence-electron chi connectivity index (χ3n) is 2.43. The van der Waals surface area contributed by atoms with E-state index in [0.717, 1.165) is 0 Å². The van der Waals surface area contributed by atoms with Gasteiger partial charge in [0, 0.05) is 5.56 Å². The highest BCUT2D eigenvalue weighted by molar-refractivity contribution is 5.97. The van der Waals surface area contributed by atoms with E-state index >= 15 is 0 Å². The molecule has 0 atom stereocenters. The minimum Gasteiger partial charge on any atom is -0.480 e. The molecule has 102 valence electrons. The zero-order valence-corrected chi connectivity index (χ0v) is 10.8. The number of aliphatic carboxylic acids is 1. The van der Waals surface area contributed by atoms with Gasteiger partial charge in [-0.05, 0) is 26.0 Å². The predicted molar refractivity (Wildman–Crippen MR) is 68.6 cm³/mol. The third-order valence-corrected chi connectivity index (χ3v) is 2.43. The van der Waals surface area contributed by atoms with Gasteiger partial charge in [-0.25, -0.2) is 4.79 Å². The standard InChI is InChI=1S/C13H16N2O4/c1-13(2,12(18)19)15-10(16)8-14-11(17)9-6-4-3-5-7-9/h3-7H,8H2,1-2H3,(H,14,17)(H,15,16)(H,18,19). The molecule has 2 amide bonds. The van der Waals surface area contributed by atoms with Crippen LogP contribution in [0.2, 0.25) is 0 Å². The minimum atomic E-state index is -1.37. The van der Waals surface area contributed by atoms with E-state index < -0.39 is 17.4 Å². The van der Waals surface area contributed by atoms with Crippen molar-refractivity contribution >= 4 is 17.8 Å². The number of benzene rings is 1. The van der Waals surface area contributed by atoms with Crippen LogP contribution >= 0.6 is 0 Å². The molecule has 0 saturated carbocycles. The molecule has 0 heterocycles. The van der Waals surface area contributed by atoms with Crippen LogP contribution in [0.3, 0.4) is 0 Å². The van der Waals surface area contributed by atoms with Crippen molar-refractivity contribution in [1.82, 2.24) is 10.6 Å². The Morgan fingerprint density at radius 2 is 1.74 bits per heavy atom. The van der Waals surface area contributed by atoms with Gasteiger partial charge < -0.3 is 15.7 Å². The quantitative estimate of drug-likeness (QED) is 0.717. The zero-order chi connectivity index (χ0) is 14.5. The second kappa shape index (κ2) is 5.99. The van der Waals surface area contributed by atoms with Gasteiger partial charge in [0.25, 0.3) is 5.91 Å².